The van der Waals surface area contributed by atoms with Crippen LogP contribution in [0.4, 0.5) is 0 Å². The molecule has 1 atom stereocenters. The van der Waals surface area contributed by atoms with Gasteiger partial charge < -0.3 is 19.5 Å². The molecule has 2 aromatic carbocycles. The normalized spacial score (nSPS) is 15.2. The number of rotatable bonds is 6. The average Bonchev–Trinajstić information content (AvgIpc) is 3.51. The van der Waals surface area contributed by atoms with Crippen molar-refractivity contribution >= 4 is 34.1 Å². The van der Waals surface area contributed by atoms with Crippen LogP contribution in [0, 0.1) is 0 Å². The first-order valence-electron chi connectivity index (χ1n) is 10.4. The van der Waals surface area contributed by atoms with E-state index in [1.807, 2.05) is 77.7 Å². The minimum Gasteiger partial charge on any atom is -0.497 e. The van der Waals surface area contributed by atoms with Crippen molar-refractivity contribution in [3.8, 4) is 5.75 Å². The molecule has 4 aromatic rings. The fourth-order valence-corrected chi connectivity index (χ4v) is 5.12. The van der Waals surface area contributed by atoms with Gasteiger partial charge in [0.2, 0.25) is 5.91 Å². The summed E-state index contributed by atoms with van der Waals surface area (Å²) in [5.74, 6) is 0.435. The van der Waals surface area contributed by atoms with Gasteiger partial charge in [-0.25, -0.2) is 0 Å². The van der Waals surface area contributed by atoms with E-state index >= 15 is 0 Å². The van der Waals surface area contributed by atoms with E-state index in [9.17, 15) is 9.59 Å². The molecule has 1 N–H and O–H groups in total. The number of hydrogen-bond donors (Lipinski definition) is 1. The number of fused-ring (bicyclic) bond motifs is 3. The minimum atomic E-state index is -0.345. The van der Waals surface area contributed by atoms with Crippen LogP contribution in [0.25, 0.3) is 10.9 Å². The average molecular weight is 446 g/mol. The fraction of sp³-hybridized carbons (Fsp3) is 0.200. The topological polar surface area (TPSA) is 63.6 Å². The molecule has 2 amide bonds. The summed E-state index contributed by atoms with van der Waals surface area (Å²) in [6.07, 6.45) is 0. The molecule has 162 valence electrons. The fourth-order valence-electron chi connectivity index (χ4n) is 4.47. The number of carbonyl (C=O) groups is 2. The zero-order valence-corrected chi connectivity index (χ0v) is 18.7. The molecule has 0 radical (unpaired) electrons. The molecule has 5 rings (SSSR count). The lowest BCUT2D eigenvalue weighted by molar-refractivity contribution is -0.122. The van der Waals surface area contributed by atoms with Gasteiger partial charge in [0.05, 0.1) is 19.7 Å². The van der Waals surface area contributed by atoms with Gasteiger partial charge in [-0.15, -0.1) is 11.3 Å². The largest absolute Gasteiger partial charge is 0.497 e. The lowest BCUT2D eigenvalue weighted by atomic mass is 9.98. The standard InChI is InChI=1S/C25H23N3O3S/c1-27-20-8-4-3-7-19(20)22-23(16-9-11-17(31-2)12-10-16)28(25(30)24(22)27)15-21(29)26-14-18-6-5-13-32-18/h3-13,23H,14-15H2,1-2H3,(H,26,29). The first-order valence-corrected chi connectivity index (χ1v) is 11.3. The van der Waals surface area contributed by atoms with E-state index in [0.29, 0.717) is 12.2 Å². The van der Waals surface area contributed by atoms with Crippen LogP contribution >= 0.6 is 11.3 Å². The van der Waals surface area contributed by atoms with Crippen molar-refractivity contribution < 1.29 is 14.3 Å². The van der Waals surface area contributed by atoms with Gasteiger partial charge in [-0.3, -0.25) is 9.59 Å². The Morgan fingerprint density at radius 1 is 1.09 bits per heavy atom. The van der Waals surface area contributed by atoms with Gasteiger partial charge in [0.25, 0.3) is 5.91 Å². The third kappa shape index (κ3) is 3.35. The van der Waals surface area contributed by atoms with E-state index in [1.165, 1.54) is 0 Å². The zero-order chi connectivity index (χ0) is 22.2. The molecular weight excluding hydrogens is 422 g/mol. The van der Waals surface area contributed by atoms with E-state index in [2.05, 4.69) is 5.32 Å². The van der Waals surface area contributed by atoms with E-state index < -0.39 is 0 Å². The summed E-state index contributed by atoms with van der Waals surface area (Å²) in [6.45, 7) is 0.450. The van der Waals surface area contributed by atoms with Crippen LogP contribution in [0.5, 0.6) is 5.75 Å². The summed E-state index contributed by atoms with van der Waals surface area (Å²) in [5.41, 5.74) is 3.54. The number of hydrogen-bond acceptors (Lipinski definition) is 4. The number of aromatic nitrogens is 1. The number of benzene rings is 2. The highest BCUT2D eigenvalue weighted by Gasteiger charge is 2.42. The number of thiophene rings is 1. The first kappa shape index (κ1) is 20.3. The molecule has 0 fully saturated rings. The molecule has 6 nitrogen and oxygen atoms in total. The molecule has 0 spiro atoms. The van der Waals surface area contributed by atoms with Crippen LogP contribution in [0.2, 0.25) is 0 Å². The van der Waals surface area contributed by atoms with Crippen molar-refractivity contribution in [3.63, 3.8) is 0 Å². The van der Waals surface area contributed by atoms with Gasteiger partial charge in [-0.1, -0.05) is 36.4 Å². The van der Waals surface area contributed by atoms with E-state index in [-0.39, 0.29) is 24.4 Å². The van der Waals surface area contributed by atoms with Crippen molar-refractivity contribution in [1.82, 2.24) is 14.8 Å². The number of amides is 2. The molecule has 1 unspecified atom stereocenters. The summed E-state index contributed by atoms with van der Waals surface area (Å²) in [5, 5.41) is 5.95. The molecule has 7 heteroatoms. The highest BCUT2D eigenvalue weighted by Crippen LogP contribution is 2.43. The van der Waals surface area contributed by atoms with Crippen LogP contribution in [0.15, 0.2) is 66.0 Å². The Morgan fingerprint density at radius 3 is 2.59 bits per heavy atom. The number of ether oxygens (including phenoxy) is 1. The van der Waals surface area contributed by atoms with Gasteiger partial charge in [-0.05, 0) is 35.2 Å². The third-order valence-corrected chi connectivity index (χ3v) is 6.86. The zero-order valence-electron chi connectivity index (χ0n) is 17.9. The number of aryl methyl sites for hydroxylation is 1. The molecule has 0 aliphatic carbocycles. The molecule has 1 aliphatic heterocycles. The Hall–Kier alpha value is -3.58. The molecule has 0 saturated heterocycles. The summed E-state index contributed by atoms with van der Waals surface area (Å²) in [4.78, 5) is 29.1. The predicted octanol–water partition coefficient (Wildman–Crippen LogP) is 4.11. The molecular formula is C25H23N3O3S. The maximum absolute atomic E-state index is 13.6. The van der Waals surface area contributed by atoms with Gasteiger partial charge in [0.1, 0.15) is 18.0 Å². The second kappa shape index (κ2) is 8.16. The van der Waals surface area contributed by atoms with Crippen LogP contribution < -0.4 is 10.1 Å². The van der Waals surface area contributed by atoms with Crippen LogP contribution in [0.1, 0.15) is 32.5 Å². The summed E-state index contributed by atoms with van der Waals surface area (Å²) >= 11 is 1.59. The molecule has 2 aromatic heterocycles. The number of methoxy groups -OCH3 is 1. The monoisotopic (exact) mass is 445 g/mol. The Kier molecular flexibility index (Phi) is 5.19. The first-order chi connectivity index (χ1) is 15.6. The second-order valence-corrected chi connectivity index (χ2v) is 8.84. The molecule has 0 bridgehead atoms. The maximum Gasteiger partial charge on any atom is 0.272 e. The number of nitrogens with one attached hydrogen (secondary N) is 1. The summed E-state index contributed by atoms with van der Waals surface area (Å²) in [7, 11) is 3.53. The quantitative estimate of drug-likeness (QED) is 0.486. The van der Waals surface area contributed by atoms with Crippen molar-refractivity contribution in [2.45, 2.75) is 12.6 Å². The number of nitrogens with zero attached hydrogens (tertiary/aromatic N) is 2. The molecule has 32 heavy (non-hydrogen) atoms. The lowest BCUT2D eigenvalue weighted by Crippen LogP contribution is -2.39. The van der Waals surface area contributed by atoms with Gasteiger partial charge >= 0.3 is 0 Å². The second-order valence-electron chi connectivity index (χ2n) is 7.80. The van der Waals surface area contributed by atoms with Gasteiger partial charge in [0.15, 0.2) is 0 Å². The van der Waals surface area contributed by atoms with Gasteiger partial charge in [0, 0.05) is 28.4 Å². The van der Waals surface area contributed by atoms with Crippen molar-refractivity contribution in [1.29, 1.82) is 0 Å². The lowest BCUT2D eigenvalue weighted by Gasteiger charge is -2.26. The Balaban J connectivity index is 1.53. The van der Waals surface area contributed by atoms with Gasteiger partial charge in [-0.2, -0.15) is 0 Å². The predicted molar refractivity (Wildman–Crippen MR) is 125 cm³/mol. The minimum absolute atomic E-state index is 0.0100. The van der Waals surface area contributed by atoms with Crippen molar-refractivity contribution in [2.24, 2.45) is 7.05 Å². The molecule has 0 saturated carbocycles. The number of para-hydroxylation sites is 1. The molecule has 1 aliphatic rings. The van der Waals surface area contributed by atoms with E-state index in [1.54, 1.807) is 23.3 Å². The highest BCUT2D eigenvalue weighted by molar-refractivity contribution is 7.09. The van der Waals surface area contributed by atoms with Crippen molar-refractivity contribution in [3.05, 3.63) is 87.7 Å². The van der Waals surface area contributed by atoms with E-state index in [0.717, 1.165) is 32.7 Å². The maximum atomic E-state index is 13.6. The smallest absolute Gasteiger partial charge is 0.272 e. The summed E-state index contributed by atoms with van der Waals surface area (Å²) in [6, 6.07) is 19.3. The van der Waals surface area contributed by atoms with E-state index in [4.69, 9.17) is 4.74 Å². The SMILES string of the molecule is COc1ccc(C2c3c(n(C)c4ccccc34)C(=O)N2CC(=O)NCc2cccs2)cc1. The van der Waals surface area contributed by atoms with Crippen LogP contribution in [0.3, 0.4) is 0 Å². The Labute approximate surface area is 190 Å². The van der Waals surface area contributed by atoms with Crippen LogP contribution in [-0.4, -0.2) is 34.9 Å². The Bertz CT molecular complexity index is 1290. The Morgan fingerprint density at radius 2 is 1.88 bits per heavy atom. The molecule has 3 heterocycles. The van der Waals surface area contributed by atoms with Crippen LogP contribution in [-0.2, 0) is 18.4 Å². The third-order valence-electron chi connectivity index (χ3n) is 5.98. The van der Waals surface area contributed by atoms with Crippen molar-refractivity contribution in [2.75, 3.05) is 13.7 Å². The summed E-state index contributed by atoms with van der Waals surface area (Å²) < 4.78 is 7.25. The number of carbonyl (C=O) groups excluding carboxylic acids is 2. The highest BCUT2D eigenvalue weighted by atomic mass is 32.1.